The minimum atomic E-state index is -0.668. The van der Waals surface area contributed by atoms with E-state index in [1.807, 2.05) is 0 Å². The first-order chi connectivity index (χ1) is 12.5. The van der Waals surface area contributed by atoms with Gasteiger partial charge in [-0.2, -0.15) is 5.01 Å². The number of ether oxygens (including phenoxy) is 3. The molecular formula is C18H16N2O6. The molecule has 134 valence electrons. The predicted molar refractivity (Wildman–Crippen MR) is 90.5 cm³/mol. The van der Waals surface area contributed by atoms with Gasteiger partial charge in [0.25, 0.3) is 17.7 Å². The predicted octanol–water partition coefficient (Wildman–Crippen LogP) is 1.65. The average molecular weight is 356 g/mol. The van der Waals surface area contributed by atoms with Crippen molar-refractivity contribution in [3.05, 3.63) is 53.1 Å². The summed E-state index contributed by atoms with van der Waals surface area (Å²) in [6, 6.07) is 9.20. The number of amides is 3. The Morgan fingerprint density at radius 2 is 1.38 bits per heavy atom. The molecule has 0 unspecified atom stereocenters. The van der Waals surface area contributed by atoms with Crippen LogP contribution in [0.3, 0.4) is 0 Å². The maximum absolute atomic E-state index is 12.6. The summed E-state index contributed by atoms with van der Waals surface area (Å²) < 4.78 is 15.6. The second-order valence-corrected chi connectivity index (χ2v) is 5.35. The van der Waals surface area contributed by atoms with Crippen LogP contribution in [-0.2, 0) is 0 Å². The van der Waals surface area contributed by atoms with Crippen LogP contribution in [-0.4, -0.2) is 44.1 Å². The quantitative estimate of drug-likeness (QED) is 0.819. The SMILES string of the molecule is COc1cc(C(=O)NN2C(=O)c3ccccc3C2=O)cc(OC)c1OC. The van der Waals surface area contributed by atoms with Crippen molar-refractivity contribution < 1.29 is 28.6 Å². The van der Waals surface area contributed by atoms with Crippen LogP contribution < -0.4 is 19.6 Å². The lowest BCUT2D eigenvalue weighted by Crippen LogP contribution is -2.45. The Bertz CT molecular complexity index is 848. The fraction of sp³-hybridized carbons (Fsp3) is 0.167. The number of hydrogen-bond acceptors (Lipinski definition) is 6. The molecule has 0 bridgehead atoms. The lowest BCUT2D eigenvalue weighted by atomic mass is 10.1. The van der Waals surface area contributed by atoms with E-state index in [9.17, 15) is 14.4 Å². The van der Waals surface area contributed by atoms with Gasteiger partial charge in [0.05, 0.1) is 32.5 Å². The minimum Gasteiger partial charge on any atom is -0.493 e. The maximum Gasteiger partial charge on any atom is 0.280 e. The lowest BCUT2D eigenvalue weighted by molar-refractivity contribution is 0.0518. The highest BCUT2D eigenvalue weighted by molar-refractivity contribution is 6.22. The molecule has 8 heteroatoms. The fourth-order valence-corrected chi connectivity index (χ4v) is 2.67. The van der Waals surface area contributed by atoms with Crippen molar-refractivity contribution in [2.45, 2.75) is 0 Å². The molecule has 0 atom stereocenters. The number of rotatable bonds is 5. The van der Waals surface area contributed by atoms with E-state index in [1.54, 1.807) is 12.1 Å². The normalized spacial score (nSPS) is 12.7. The molecule has 26 heavy (non-hydrogen) atoms. The topological polar surface area (TPSA) is 94.2 Å². The Morgan fingerprint density at radius 3 is 1.81 bits per heavy atom. The van der Waals surface area contributed by atoms with Gasteiger partial charge in [0.15, 0.2) is 11.5 Å². The third kappa shape index (κ3) is 2.71. The summed E-state index contributed by atoms with van der Waals surface area (Å²) in [6.45, 7) is 0. The molecule has 0 aliphatic carbocycles. The van der Waals surface area contributed by atoms with Gasteiger partial charge in [0.1, 0.15) is 0 Å². The molecule has 1 aliphatic rings. The molecule has 1 N–H and O–H groups in total. The Kier molecular flexibility index (Phi) is 4.49. The second kappa shape index (κ2) is 6.75. The molecule has 8 nitrogen and oxygen atoms in total. The summed E-state index contributed by atoms with van der Waals surface area (Å²) in [6.07, 6.45) is 0. The molecule has 0 saturated carbocycles. The van der Waals surface area contributed by atoms with Gasteiger partial charge >= 0.3 is 0 Å². The Balaban J connectivity index is 1.90. The molecular weight excluding hydrogens is 340 g/mol. The van der Waals surface area contributed by atoms with Crippen molar-refractivity contribution in [3.8, 4) is 17.2 Å². The molecule has 0 spiro atoms. The molecule has 2 aromatic rings. The molecule has 3 amide bonds. The van der Waals surface area contributed by atoms with E-state index < -0.39 is 17.7 Å². The average Bonchev–Trinajstić information content (AvgIpc) is 2.91. The van der Waals surface area contributed by atoms with Gasteiger partial charge < -0.3 is 14.2 Å². The van der Waals surface area contributed by atoms with Crippen molar-refractivity contribution in [1.29, 1.82) is 0 Å². The fourth-order valence-electron chi connectivity index (χ4n) is 2.67. The first-order valence-electron chi connectivity index (χ1n) is 7.60. The zero-order valence-corrected chi connectivity index (χ0v) is 14.4. The van der Waals surface area contributed by atoms with Crippen LogP contribution in [0.4, 0.5) is 0 Å². The highest BCUT2D eigenvalue weighted by Gasteiger charge is 2.36. The molecule has 2 aromatic carbocycles. The van der Waals surface area contributed by atoms with Crippen LogP contribution in [0.5, 0.6) is 17.2 Å². The molecule has 0 saturated heterocycles. The summed E-state index contributed by atoms with van der Waals surface area (Å²) in [4.78, 5) is 37.3. The van der Waals surface area contributed by atoms with Crippen LogP contribution >= 0.6 is 0 Å². The van der Waals surface area contributed by atoms with Crippen LogP contribution in [0, 0.1) is 0 Å². The van der Waals surface area contributed by atoms with Crippen molar-refractivity contribution in [2.24, 2.45) is 0 Å². The van der Waals surface area contributed by atoms with Gasteiger partial charge in [-0.05, 0) is 24.3 Å². The monoisotopic (exact) mass is 356 g/mol. The molecule has 0 radical (unpaired) electrons. The number of nitrogens with zero attached hydrogens (tertiary/aromatic N) is 1. The number of carbonyl (C=O) groups excluding carboxylic acids is 3. The van der Waals surface area contributed by atoms with Crippen molar-refractivity contribution >= 4 is 17.7 Å². The number of hydrazine groups is 1. The van der Waals surface area contributed by atoms with E-state index in [2.05, 4.69) is 5.43 Å². The standard InChI is InChI=1S/C18H16N2O6/c1-24-13-8-10(9-14(25-2)15(13)26-3)16(21)19-20-17(22)11-6-4-5-7-12(11)18(20)23/h4-9H,1-3H3,(H,19,21). The molecule has 0 aromatic heterocycles. The number of benzene rings is 2. The zero-order chi connectivity index (χ0) is 18.8. The number of imide groups is 1. The minimum absolute atomic E-state index is 0.135. The number of carbonyl (C=O) groups is 3. The van der Waals surface area contributed by atoms with Crippen molar-refractivity contribution in [1.82, 2.24) is 10.4 Å². The summed E-state index contributed by atoms with van der Waals surface area (Å²) >= 11 is 0. The lowest BCUT2D eigenvalue weighted by Gasteiger charge is -2.17. The van der Waals surface area contributed by atoms with Crippen LogP contribution in [0.2, 0.25) is 0 Å². The second-order valence-electron chi connectivity index (χ2n) is 5.35. The Morgan fingerprint density at radius 1 is 0.885 bits per heavy atom. The summed E-state index contributed by atoms with van der Waals surface area (Å²) in [7, 11) is 4.28. The van der Waals surface area contributed by atoms with Gasteiger partial charge in [0, 0.05) is 5.56 Å². The van der Waals surface area contributed by atoms with Crippen LogP contribution in [0.25, 0.3) is 0 Å². The summed E-state index contributed by atoms with van der Waals surface area (Å²) in [5.74, 6) is -0.970. The molecule has 1 heterocycles. The number of fused-ring (bicyclic) bond motifs is 1. The molecule has 1 aliphatic heterocycles. The van der Waals surface area contributed by atoms with E-state index in [-0.39, 0.29) is 28.2 Å². The Labute approximate surface area is 149 Å². The molecule has 0 fully saturated rings. The number of hydrogen-bond donors (Lipinski definition) is 1. The first kappa shape index (κ1) is 17.3. The number of nitrogens with one attached hydrogen (secondary N) is 1. The number of methoxy groups -OCH3 is 3. The van der Waals surface area contributed by atoms with Gasteiger partial charge in [-0.25, -0.2) is 0 Å². The van der Waals surface area contributed by atoms with Crippen LogP contribution in [0.15, 0.2) is 36.4 Å². The van der Waals surface area contributed by atoms with E-state index in [1.165, 1.54) is 45.6 Å². The smallest absolute Gasteiger partial charge is 0.280 e. The van der Waals surface area contributed by atoms with Gasteiger partial charge in [-0.1, -0.05) is 12.1 Å². The largest absolute Gasteiger partial charge is 0.493 e. The summed E-state index contributed by atoms with van der Waals surface area (Å²) in [5.41, 5.74) is 2.94. The molecule has 3 rings (SSSR count). The first-order valence-corrected chi connectivity index (χ1v) is 7.60. The Hall–Kier alpha value is -3.55. The third-order valence-corrected chi connectivity index (χ3v) is 3.93. The van der Waals surface area contributed by atoms with Gasteiger partial charge in [-0.3, -0.25) is 19.8 Å². The van der Waals surface area contributed by atoms with E-state index in [0.29, 0.717) is 10.8 Å². The maximum atomic E-state index is 12.6. The van der Waals surface area contributed by atoms with Crippen molar-refractivity contribution in [3.63, 3.8) is 0 Å². The highest BCUT2D eigenvalue weighted by atomic mass is 16.5. The van der Waals surface area contributed by atoms with Gasteiger partial charge in [0.2, 0.25) is 5.75 Å². The third-order valence-electron chi connectivity index (χ3n) is 3.93. The highest BCUT2D eigenvalue weighted by Crippen LogP contribution is 2.38. The zero-order valence-electron chi connectivity index (χ0n) is 14.4. The van der Waals surface area contributed by atoms with Crippen molar-refractivity contribution in [2.75, 3.05) is 21.3 Å². The van der Waals surface area contributed by atoms with Crippen LogP contribution in [0.1, 0.15) is 31.1 Å². The van der Waals surface area contributed by atoms with E-state index in [4.69, 9.17) is 14.2 Å². The van der Waals surface area contributed by atoms with E-state index >= 15 is 0 Å². The summed E-state index contributed by atoms with van der Waals surface area (Å²) in [5, 5.41) is 0.691. The van der Waals surface area contributed by atoms with E-state index in [0.717, 1.165) is 0 Å². The van der Waals surface area contributed by atoms with Gasteiger partial charge in [-0.15, -0.1) is 0 Å².